The monoisotopic (exact) mass is 928 g/mol. The number of likely N-dealkylation sites (N-methyl/N-ethyl adjacent to an activating group) is 1. The van der Waals surface area contributed by atoms with Gasteiger partial charge < -0.3 is 54.9 Å². The topological polar surface area (TPSA) is 220 Å². The minimum atomic E-state index is -1.94. The predicted octanol–water partition coefficient (Wildman–Crippen LogP) is 4.03. The number of aromatic hydroxyl groups is 1. The maximum atomic E-state index is 14.7. The Labute approximate surface area is 393 Å². The van der Waals surface area contributed by atoms with Crippen molar-refractivity contribution in [2.45, 2.75) is 123 Å². The van der Waals surface area contributed by atoms with E-state index in [0.717, 1.165) is 19.5 Å². The molecule has 17 heteroatoms. The lowest BCUT2D eigenvalue weighted by atomic mass is 9.82. The van der Waals surface area contributed by atoms with Gasteiger partial charge in [-0.3, -0.25) is 29.0 Å². The smallest absolute Gasteiger partial charge is 0.315 e. The third-order valence-corrected chi connectivity index (χ3v) is 14.1. The Balaban J connectivity index is 1.22. The van der Waals surface area contributed by atoms with Gasteiger partial charge in [0, 0.05) is 94.0 Å². The molecule has 1 spiro atoms. The molecule has 2 amide bonds. The van der Waals surface area contributed by atoms with E-state index < -0.39 is 77.2 Å². The average Bonchev–Trinajstić information content (AvgIpc) is 3.67. The van der Waals surface area contributed by atoms with E-state index in [-0.39, 0.29) is 75.9 Å². The number of fused-ring (bicyclic) bond motifs is 13. The first-order valence-electron chi connectivity index (χ1n) is 23.8. The van der Waals surface area contributed by atoms with Crippen molar-refractivity contribution in [2.24, 2.45) is 22.7 Å². The Kier molecular flexibility index (Phi) is 14.8. The highest BCUT2D eigenvalue weighted by Gasteiger charge is 2.54. The van der Waals surface area contributed by atoms with Crippen LogP contribution in [0.15, 0.2) is 52.5 Å². The number of carbonyl (C=O) groups excluding carboxylic acids is 5. The predicted molar refractivity (Wildman–Crippen MR) is 249 cm³/mol. The van der Waals surface area contributed by atoms with E-state index in [4.69, 9.17) is 19.2 Å². The zero-order valence-corrected chi connectivity index (χ0v) is 40.1. The van der Waals surface area contributed by atoms with Crippen LogP contribution in [-0.4, -0.2) is 148 Å². The lowest BCUT2D eigenvalue weighted by Gasteiger charge is -2.38. The molecule has 0 radical (unpaired) electrons. The van der Waals surface area contributed by atoms with E-state index >= 15 is 0 Å². The van der Waals surface area contributed by atoms with Crippen molar-refractivity contribution in [2.75, 3.05) is 52.9 Å². The molecular weight excluding hydrogens is 861 g/mol. The van der Waals surface area contributed by atoms with Gasteiger partial charge in [0.2, 0.25) is 11.7 Å². The largest absolute Gasteiger partial charge is 0.507 e. The molecule has 7 aliphatic rings. The van der Waals surface area contributed by atoms with Crippen molar-refractivity contribution in [1.29, 1.82) is 0 Å². The standard InChI is InChI=1S/C50H68N6O11/c1-28(2)27-55-20-16-50(17-21-55)52-41-38-39-44(61)32(6)46-40(38)47(63)49(7,67-46)65-24-10-9-15-35(66-37(60)26-36(59)56-19-12-18-54(8)22-23-56)31(5)34(58)25-33(57)29(3)13-11-14-30(4)48(64)51-43(45(39)62)42(41)53-50/h10-11,13-14,24,28-29,31,33-35,53,57-58,61H,9,12,15-23,25-27H2,1-8H3,(H,51,64)/b13-11+,24-10+,30-14-/t29?,31-,33-,34?,35-,49+/m1/s1. The van der Waals surface area contributed by atoms with E-state index in [2.05, 4.69) is 34.3 Å². The number of piperidine rings is 1. The van der Waals surface area contributed by atoms with Crippen LogP contribution in [-0.2, 0) is 23.9 Å². The molecule has 1 aromatic rings. The summed E-state index contributed by atoms with van der Waals surface area (Å²) >= 11 is 0. The molecule has 6 aliphatic heterocycles. The lowest BCUT2D eigenvalue weighted by Crippen LogP contribution is -2.50. The fraction of sp³-hybridized carbons (Fsp3) is 0.600. The molecule has 364 valence electrons. The SMILES string of the molecule is C/C1=C/C=C/C(C)[C@H](O)CC(O)[C@@H](C)[C@H](OC(=O)CC(=O)N2CCCN(C)CC2)CC/C=C/O[C@@]2(C)Oc3c(C)c(O)c4c(c3C2=O)C2=NC3(CCN(CC(C)C)CC3)NC2=C(NC1=O)C4=O. The second kappa shape index (κ2) is 20.1. The molecule has 1 aliphatic carbocycles. The molecule has 2 unspecified atom stereocenters. The number of likely N-dealkylation sites (tertiary alicyclic amines) is 1. The van der Waals surface area contributed by atoms with Crippen molar-refractivity contribution in [3.63, 3.8) is 0 Å². The number of ether oxygens (including phenoxy) is 3. The summed E-state index contributed by atoms with van der Waals surface area (Å²) in [4.78, 5) is 81.3. The van der Waals surface area contributed by atoms with Gasteiger partial charge in [-0.2, -0.15) is 0 Å². The van der Waals surface area contributed by atoms with Crippen LogP contribution in [0.4, 0.5) is 0 Å². The molecule has 1 aromatic carbocycles. The number of aliphatic hydroxyl groups is 2. The highest BCUT2D eigenvalue weighted by atomic mass is 16.7. The summed E-state index contributed by atoms with van der Waals surface area (Å²) in [6.07, 6.45) is 6.62. The number of esters is 1. The zero-order valence-electron chi connectivity index (χ0n) is 40.1. The van der Waals surface area contributed by atoms with Crippen LogP contribution >= 0.6 is 0 Å². The van der Waals surface area contributed by atoms with Gasteiger partial charge in [0.15, 0.2) is 0 Å². The summed E-state index contributed by atoms with van der Waals surface area (Å²) in [5.41, 5.74) is -0.178. The normalized spacial score (nSPS) is 30.3. The van der Waals surface area contributed by atoms with Crippen LogP contribution in [0.25, 0.3) is 0 Å². The maximum absolute atomic E-state index is 14.7. The number of phenols is 1. The number of hydrogen-bond acceptors (Lipinski definition) is 15. The Morgan fingerprint density at radius 1 is 0.985 bits per heavy atom. The van der Waals surface area contributed by atoms with Crippen LogP contribution in [0.5, 0.6) is 11.5 Å². The number of hydrogen-bond donors (Lipinski definition) is 5. The van der Waals surface area contributed by atoms with Gasteiger partial charge in [0.1, 0.15) is 35.4 Å². The van der Waals surface area contributed by atoms with E-state index in [0.29, 0.717) is 51.5 Å². The molecule has 2 saturated heterocycles. The molecule has 17 nitrogen and oxygen atoms in total. The molecule has 2 fully saturated rings. The molecule has 6 atom stereocenters. The number of phenolic OH excluding ortho intramolecular Hbond substituents is 1. The lowest BCUT2D eigenvalue weighted by molar-refractivity contribution is -0.158. The number of aliphatic hydroxyl groups excluding tert-OH is 2. The summed E-state index contributed by atoms with van der Waals surface area (Å²) in [7, 11) is 1.99. The summed E-state index contributed by atoms with van der Waals surface area (Å²) in [6.45, 7) is 17.3. The second-order valence-electron chi connectivity index (χ2n) is 19.8. The highest BCUT2D eigenvalue weighted by Crippen LogP contribution is 2.50. The van der Waals surface area contributed by atoms with Crippen molar-refractivity contribution in [1.82, 2.24) is 25.3 Å². The molecule has 6 heterocycles. The van der Waals surface area contributed by atoms with Crippen molar-refractivity contribution >= 4 is 35.1 Å². The first-order chi connectivity index (χ1) is 31.7. The van der Waals surface area contributed by atoms with Crippen LogP contribution in [0, 0.1) is 24.7 Å². The average molecular weight is 929 g/mol. The Morgan fingerprint density at radius 3 is 2.43 bits per heavy atom. The molecule has 67 heavy (non-hydrogen) atoms. The van der Waals surface area contributed by atoms with E-state index in [1.165, 1.54) is 20.1 Å². The van der Waals surface area contributed by atoms with Gasteiger partial charge in [-0.1, -0.05) is 45.9 Å². The first-order valence-corrected chi connectivity index (χ1v) is 23.8. The number of benzene rings is 1. The van der Waals surface area contributed by atoms with Crippen molar-refractivity contribution in [3.8, 4) is 11.5 Å². The van der Waals surface area contributed by atoms with Crippen LogP contribution in [0.1, 0.15) is 118 Å². The molecule has 0 saturated carbocycles. The molecule has 8 rings (SSSR count). The number of rotatable bonds is 5. The first kappa shape index (κ1) is 49.5. The van der Waals surface area contributed by atoms with Gasteiger partial charge in [0.05, 0.1) is 41.0 Å². The zero-order chi connectivity index (χ0) is 48.5. The third-order valence-electron chi connectivity index (χ3n) is 14.1. The van der Waals surface area contributed by atoms with E-state index in [1.807, 2.05) is 7.05 Å². The Morgan fingerprint density at radius 2 is 1.72 bits per heavy atom. The van der Waals surface area contributed by atoms with Gasteiger partial charge in [-0.05, 0) is 58.7 Å². The minimum Gasteiger partial charge on any atom is -0.507 e. The second-order valence-corrected chi connectivity index (χ2v) is 19.8. The number of ketones is 2. The fourth-order valence-electron chi connectivity index (χ4n) is 9.75. The quantitative estimate of drug-likeness (QED) is 0.208. The van der Waals surface area contributed by atoms with Crippen LogP contribution in [0.2, 0.25) is 0 Å². The molecular formula is C50H68N6O11. The number of nitrogens with zero attached hydrogens (tertiary/aromatic N) is 4. The number of carbonyl (C=O) groups is 5. The van der Waals surface area contributed by atoms with Crippen LogP contribution < -0.4 is 15.4 Å². The number of Topliss-reactive ketones (excluding diaryl/α,β-unsaturated/α-hetero) is 2. The van der Waals surface area contributed by atoms with Gasteiger partial charge in [-0.15, -0.1) is 0 Å². The van der Waals surface area contributed by atoms with E-state index in [1.54, 1.807) is 50.0 Å². The number of aliphatic imine (C=N–C) groups is 1. The Bertz CT molecular complexity index is 2310. The number of amides is 2. The third kappa shape index (κ3) is 10.4. The van der Waals surface area contributed by atoms with Gasteiger partial charge in [-0.25, -0.2) is 0 Å². The number of allylic oxidation sites excluding steroid dienone is 5. The molecule has 5 N–H and O–H groups in total. The van der Waals surface area contributed by atoms with Crippen LogP contribution in [0.3, 0.4) is 0 Å². The van der Waals surface area contributed by atoms with E-state index in [9.17, 15) is 39.3 Å². The summed E-state index contributed by atoms with van der Waals surface area (Å²) in [5, 5.41) is 40.8. The summed E-state index contributed by atoms with van der Waals surface area (Å²) < 4.78 is 18.3. The molecule has 5 bridgehead atoms. The summed E-state index contributed by atoms with van der Waals surface area (Å²) in [5.74, 6) is -5.99. The summed E-state index contributed by atoms with van der Waals surface area (Å²) in [6, 6.07) is 0. The minimum absolute atomic E-state index is 0.0239. The Hall–Kier alpha value is -5.36. The van der Waals surface area contributed by atoms with Crippen molar-refractivity contribution < 1.29 is 53.5 Å². The molecule has 0 aromatic heterocycles. The fourth-order valence-corrected chi connectivity index (χ4v) is 9.75. The highest BCUT2D eigenvalue weighted by molar-refractivity contribution is 6.34. The van der Waals surface area contributed by atoms with Gasteiger partial charge in [0.25, 0.3) is 11.7 Å². The number of nitrogens with one attached hydrogen (secondary N) is 2. The maximum Gasteiger partial charge on any atom is 0.315 e. The van der Waals surface area contributed by atoms with Crippen molar-refractivity contribution in [3.05, 3.63) is 69.8 Å². The van der Waals surface area contributed by atoms with Gasteiger partial charge >= 0.3 is 11.8 Å².